The molecule has 0 bridgehead atoms. The van der Waals surface area contributed by atoms with Gasteiger partial charge in [-0.05, 0) is 32.2 Å². The second-order valence-electron chi connectivity index (χ2n) is 3.87. The summed E-state index contributed by atoms with van der Waals surface area (Å²) < 4.78 is 10.9. The molecule has 78 valence electrons. The second-order valence-corrected chi connectivity index (χ2v) is 3.87. The maximum atomic E-state index is 5.85. The Hall–Kier alpha value is -0.120. The molecule has 0 saturated heterocycles. The lowest BCUT2D eigenvalue weighted by Gasteiger charge is -2.22. The zero-order valence-corrected chi connectivity index (χ0v) is 8.66. The van der Waals surface area contributed by atoms with E-state index in [1.54, 1.807) is 7.11 Å². The van der Waals surface area contributed by atoms with E-state index in [1.807, 2.05) is 0 Å². The van der Waals surface area contributed by atoms with E-state index in [9.17, 15) is 0 Å². The fraction of sp³-hybridized carbons (Fsp3) is 1.00. The molecule has 1 aliphatic rings. The first-order valence-corrected chi connectivity index (χ1v) is 5.12. The number of nitrogens with two attached hydrogens (primary N) is 1. The van der Waals surface area contributed by atoms with Crippen LogP contribution in [0.15, 0.2) is 0 Å². The minimum atomic E-state index is 0.196. The summed E-state index contributed by atoms with van der Waals surface area (Å²) in [6.07, 6.45) is 4.21. The molecule has 0 aliphatic heterocycles. The Labute approximate surface area is 80.6 Å². The number of rotatable bonds is 5. The lowest BCUT2D eigenvalue weighted by atomic mass is 10.1. The molecule has 1 fully saturated rings. The molecule has 1 rings (SSSR count). The van der Waals surface area contributed by atoms with Crippen LogP contribution >= 0.6 is 0 Å². The molecular weight excluding hydrogens is 166 g/mol. The van der Waals surface area contributed by atoms with Gasteiger partial charge in [0.1, 0.15) is 0 Å². The van der Waals surface area contributed by atoms with Gasteiger partial charge in [0.05, 0.1) is 18.8 Å². The van der Waals surface area contributed by atoms with Gasteiger partial charge in [-0.1, -0.05) is 6.42 Å². The van der Waals surface area contributed by atoms with E-state index < -0.39 is 0 Å². The van der Waals surface area contributed by atoms with E-state index in [0.717, 1.165) is 13.0 Å². The van der Waals surface area contributed by atoms with Crippen LogP contribution < -0.4 is 5.73 Å². The average molecular weight is 187 g/mol. The number of hydrogen-bond donors (Lipinski definition) is 1. The summed E-state index contributed by atoms with van der Waals surface area (Å²) in [6.45, 7) is 3.48. The smallest absolute Gasteiger partial charge is 0.0784 e. The van der Waals surface area contributed by atoms with Crippen molar-refractivity contribution in [2.75, 3.05) is 20.3 Å². The summed E-state index contributed by atoms with van der Waals surface area (Å²) in [7, 11) is 1.70. The van der Waals surface area contributed by atoms with Gasteiger partial charge in [0.15, 0.2) is 0 Å². The van der Waals surface area contributed by atoms with E-state index in [1.165, 1.54) is 12.8 Å². The van der Waals surface area contributed by atoms with Crippen molar-refractivity contribution < 1.29 is 9.47 Å². The molecule has 0 aromatic rings. The van der Waals surface area contributed by atoms with Crippen molar-refractivity contribution in [2.24, 2.45) is 11.7 Å². The van der Waals surface area contributed by atoms with Gasteiger partial charge in [-0.25, -0.2) is 0 Å². The minimum absolute atomic E-state index is 0.196. The van der Waals surface area contributed by atoms with Crippen molar-refractivity contribution in [2.45, 2.75) is 38.4 Å². The highest BCUT2D eigenvalue weighted by atomic mass is 16.5. The van der Waals surface area contributed by atoms with Gasteiger partial charge in [-0.3, -0.25) is 0 Å². The van der Waals surface area contributed by atoms with Crippen molar-refractivity contribution in [1.82, 2.24) is 0 Å². The summed E-state index contributed by atoms with van der Waals surface area (Å²) in [6, 6.07) is 0. The maximum Gasteiger partial charge on any atom is 0.0784 e. The predicted octanol–water partition coefficient (Wildman–Crippen LogP) is 1.17. The third-order valence-corrected chi connectivity index (χ3v) is 2.70. The van der Waals surface area contributed by atoms with E-state index in [4.69, 9.17) is 15.2 Å². The van der Waals surface area contributed by atoms with Crippen LogP contribution in [-0.4, -0.2) is 32.5 Å². The molecule has 0 spiro atoms. The molecule has 0 radical (unpaired) electrons. The van der Waals surface area contributed by atoms with Crippen molar-refractivity contribution in [3.63, 3.8) is 0 Å². The fourth-order valence-electron chi connectivity index (χ4n) is 2.02. The van der Waals surface area contributed by atoms with Crippen LogP contribution in [-0.2, 0) is 9.47 Å². The van der Waals surface area contributed by atoms with E-state index in [2.05, 4.69) is 6.92 Å². The van der Waals surface area contributed by atoms with Gasteiger partial charge >= 0.3 is 0 Å². The first-order valence-electron chi connectivity index (χ1n) is 5.12. The summed E-state index contributed by atoms with van der Waals surface area (Å²) in [4.78, 5) is 0. The molecule has 3 unspecified atom stereocenters. The molecule has 0 aromatic heterocycles. The minimum Gasteiger partial charge on any atom is -0.382 e. The molecule has 0 heterocycles. The van der Waals surface area contributed by atoms with Gasteiger partial charge in [0, 0.05) is 7.11 Å². The first-order chi connectivity index (χ1) is 6.27. The highest BCUT2D eigenvalue weighted by Gasteiger charge is 2.27. The average Bonchev–Trinajstić information content (AvgIpc) is 2.52. The van der Waals surface area contributed by atoms with Crippen LogP contribution in [0.3, 0.4) is 0 Å². The molecule has 1 saturated carbocycles. The standard InChI is InChI=1S/C10H21NO2/c1-8(7-12-2)13-10-5-3-4-9(10)6-11/h8-10H,3-7,11H2,1-2H3. The SMILES string of the molecule is COCC(C)OC1CCCC1CN. The van der Waals surface area contributed by atoms with E-state index in [-0.39, 0.29) is 6.10 Å². The van der Waals surface area contributed by atoms with Crippen LogP contribution in [0, 0.1) is 5.92 Å². The molecule has 2 N–H and O–H groups in total. The Morgan fingerprint density at radius 2 is 2.23 bits per heavy atom. The maximum absolute atomic E-state index is 5.85. The molecule has 3 nitrogen and oxygen atoms in total. The van der Waals surface area contributed by atoms with Crippen LogP contribution in [0.2, 0.25) is 0 Å². The third-order valence-electron chi connectivity index (χ3n) is 2.70. The summed E-state index contributed by atoms with van der Waals surface area (Å²) in [5.41, 5.74) is 5.66. The number of ether oxygens (including phenoxy) is 2. The predicted molar refractivity (Wildman–Crippen MR) is 52.6 cm³/mol. The largest absolute Gasteiger partial charge is 0.382 e. The van der Waals surface area contributed by atoms with Crippen molar-refractivity contribution >= 4 is 0 Å². The number of methoxy groups -OCH3 is 1. The van der Waals surface area contributed by atoms with E-state index >= 15 is 0 Å². The van der Waals surface area contributed by atoms with Gasteiger partial charge in [0.2, 0.25) is 0 Å². The van der Waals surface area contributed by atoms with Gasteiger partial charge in [0.25, 0.3) is 0 Å². The van der Waals surface area contributed by atoms with Crippen LogP contribution in [0.4, 0.5) is 0 Å². The Kier molecular flexibility index (Phi) is 4.70. The van der Waals surface area contributed by atoms with Crippen LogP contribution in [0.5, 0.6) is 0 Å². The fourth-order valence-corrected chi connectivity index (χ4v) is 2.02. The molecule has 3 heteroatoms. The summed E-state index contributed by atoms with van der Waals surface area (Å²) >= 11 is 0. The first kappa shape index (κ1) is 11.0. The topological polar surface area (TPSA) is 44.5 Å². The Morgan fingerprint density at radius 3 is 2.85 bits per heavy atom. The summed E-state index contributed by atoms with van der Waals surface area (Å²) in [5, 5.41) is 0. The lowest BCUT2D eigenvalue weighted by molar-refractivity contribution is -0.0516. The molecule has 1 aliphatic carbocycles. The zero-order valence-electron chi connectivity index (χ0n) is 8.66. The van der Waals surface area contributed by atoms with Crippen molar-refractivity contribution in [3.05, 3.63) is 0 Å². The van der Waals surface area contributed by atoms with E-state index in [0.29, 0.717) is 18.6 Å². The Balaban J connectivity index is 2.26. The zero-order chi connectivity index (χ0) is 9.68. The van der Waals surface area contributed by atoms with Gasteiger partial charge in [-0.15, -0.1) is 0 Å². The highest BCUT2D eigenvalue weighted by Crippen LogP contribution is 2.28. The third kappa shape index (κ3) is 3.25. The molecular formula is C10H21NO2. The second kappa shape index (κ2) is 5.58. The van der Waals surface area contributed by atoms with Gasteiger partial charge < -0.3 is 15.2 Å². The van der Waals surface area contributed by atoms with Crippen molar-refractivity contribution in [1.29, 1.82) is 0 Å². The van der Waals surface area contributed by atoms with Crippen LogP contribution in [0.1, 0.15) is 26.2 Å². The highest BCUT2D eigenvalue weighted by molar-refractivity contribution is 4.79. The van der Waals surface area contributed by atoms with Gasteiger partial charge in [-0.2, -0.15) is 0 Å². The monoisotopic (exact) mass is 187 g/mol. The molecule has 3 atom stereocenters. The molecule has 0 amide bonds. The quantitative estimate of drug-likeness (QED) is 0.702. The van der Waals surface area contributed by atoms with Crippen molar-refractivity contribution in [3.8, 4) is 0 Å². The summed E-state index contributed by atoms with van der Waals surface area (Å²) in [5.74, 6) is 0.569. The normalized spacial score (nSPS) is 30.7. The van der Waals surface area contributed by atoms with Crippen LogP contribution in [0.25, 0.3) is 0 Å². The Morgan fingerprint density at radius 1 is 1.46 bits per heavy atom. The number of hydrogen-bond acceptors (Lipinski definition) is 3. The molecule has 0 aromatic carbocycles. The Bertz CT molecular complexity index is 141. The lowest BCUT2D eigenvalue weighted by Crippen LogP contribution is -2.30. The molecule has 13 heavy (non-hydrogen) atoms.